The first kappa shape index (κ1) is 7.48. The second-order valence-electron chi connectivity index (χ2n) is 2.39. The van der Waals surface area contributed by atoms with Crippen molar-refractivity contribution in [1.82, 2.24) is 19.6 Å². The van der Waals surface area contributed by atoms with Gasteiger partial charge in [-0.05, 0) is 22.9 Å². The Kier molecular flexibility index (Phi) is 1.50. The van der Waals surface area contributed by atoms with Crippen molar-refractivity contribution in [3.63, 3.8) is 0 Å². The number of aryl methyl sites for hydroxylation is 1. The maximum atomic E-state index is 11.0. The lowest BCUT2D eigenvalue weighted by molar-refractivity contribution is 0.878. The molecule has 62 valence electrons. The number of nitrogens with one attached hydrogen (secondary N) is 1. The van der Waals surface area contributed by atoms with E-state index < -0.39 is 0 Å². The molecule has 0 aromatic carbocycles. The van der Waals surface area contributed by atoms with E-state index in [-0.39, 0.29) is 5.56 Å². The Hall–Kier alpha value is -1.17. The second kappa shape index (κ2) is 2.41. The summed E-state index contributed by atoms with van der Waals surface area (Å²) >= 11 is 3.12. The van der Waals surface area contributed by atoms with Crippen molar-refractivity contribution in [3.8, 4) is 0 Å². The predicted molar refractivity (Wildman–Crippen MR) is 46.0 cm³/mol. The number of aromatic nitrogens is 4. The van der Waals surface area contributed by atoms with Gasteiger partial charge in [-0.1, -0.05) is 0 Å². The summed E-state index contributed by atoms with van der Waals surface area (Å²) in [6, 6.07) is 1.47. The number of aromatic amines is 1. The Morgan fingerprint density at radius 1 is 1.67 bits per heavy atom. The fraction of sp³-hybridized carbons (Fsp3) is 0.167. The van der Waals surface area contributed by atoms with E-state index in [4.69, 9.17) is 0 Å². The van der Waals surface area contributed by atoms with Crippen molar-refractivity contribution in [2.45, 2.75) is 6.92 Å². The molecule has 6 heteroatoms. The maximum absolute atomic E-state index is 11.0. The Bertz CT molecular complexity index is 486. The van der Waals surface area contributed by atoms with Gasteiger partial charge in [-0.15, -0.1) is 5.10 Å². The van der Waals surface area contributed by atoms with E-state index in [2.05, 4.69) is 31.0 Å². The summed E-state index contributed by atoms with van der Waals surface area (Å²) in [6.45, 7) is 1.80. The third-order valence-electron chi connectivity index (χ3n) is 1.49. The van der Waals surface area contributed by atoms with Crippen LogP contribution in [0.25, 0.3) is 5.78 Å². The van der Waals surface area contributed by atoms with Crippen LogP contribution in [0, 0.1) is 6.92 Å². The zero-order valence-electron chi connectivity index (χ0n) is 6.21. The normalized spacial score (nSPS) is 10.8. The van der Waals surface area contributed by atoms with Gasteiger partial charge in [0.25, 0.3) is 5.56 Å². The van der Waals surface area contributed by atoms with Crippen molar-refractivity contribution in [2.24, 2.45) is 0 Å². The molecule has 0 aliphatic carbocycles. The molecule has 0 saturated heterocycles. The molecule has 0 spiro atoms. The Labute approximate surface area is 75.6 Å². The van der Waals surface area contributed by atoms with Crippen molar-refractivity contribution in [2.75, 3.05) is 0 Å². The monoisotopic (exact) mass is 228 g/mol. The first-order valence-corrected chi connectivity index (χ1v) is 4.08. The van der Waals surface area contributed by atoms with E-state index in [1.165, 1.54) is 6.07 Å². The summed E-state index contributed by atoms with van der Waals surface area (Å²) in [5.41, 5.74) is 0.590. The van der Waals surface area contributed by atoms with E-state index in [1.54, 1.807) is 11.4 Å². The van der Waals surface area contributed by atoms with E-state index >= 15 is 0 Å². The third-order valence-corrected chi connectivity index (χ3v) is 1.83. The summed E-state index contributed by atoms with van der Waals surface area (Å²) in [7, 11) is 0. The van der Waals surface area contributed by atoms with Crippen LogP contribution in [0.1, 0.15) is 5.69 Å². The zero-order valence-corrected chi connectivity index (χ0v) is 7.79. The van der Waals surface area contributed by atoms with Crippen LogP contribution < -0.4 is 5.56 Å². The number of rotatable bonds is 0. The molecule has 2 aromatic rings. The molecule has 0 amide bonds. The quantitative estimate of drug-likeness (QED) is 0.714. The van der Waals surface area contributed by atoms with Crippen LogP contribution in [0.3, 0.4) is 0 Å². The maximum Gasteiger partial charge on any atom is 0.252 e. The molecule has 5 nitrogen and oxygen atoms in total. The minimum Gasteiger partial charge on any atom is -0.291 e. The van der Waals surface area contributed by atoms with Gasteiger partial charge in [0.2, 0.25) is 10.5 Å². The van der Waals surface area contributed by atoms with E-state index in [1.807, 2.05) is 0 Å². The summed E-state index contributed by atoms with van der Waals surface area (Å²) < 4.78 is 2.03. The van der Waals surface area contributed by atoms with Crippen LogP contribution in [0.5, 0.6) is 0 Å². The predicted octanol–water partition coefficient (Wildman–Crippen LogP) is 0.489. The van der Waals surface area contributed by atoms with Gasteiger partial charge in [0.1, 0.15) is 0 Å². The van der Waals surface area contributed by atoms with Crippen LogP contribution in [-0.2, 0) is 0 Å². The van der Waals surface area contributed by atoms with Crippen LogP contribution in [0.15, 0.2) is 15.6 Å². The molecule has 12 heavy (non-hydrogen) atoms. The van der Waals surface area contributed by atoms with Gasteiger partial charge in [-0.25, -0.2) is 4.52 Å². The molecular weight excluding hydrogens is 224 g/mol. The van der Waals surface area contributed by atoms with Crippen LogP contribution >= 0.6 is 15.9 Å². The molecule has 0 aliphatic heterocycles. The Morgan fingerprint density at radius 3 is 3.17 bits per heavy atom. The Balaban J connectivity index is 2.97. The molecule has 2 rings (SSSR count). The lowest BCUT2D eigenvalue weighted by Gasteiger charge is -1.93. The highest BCUT2D eigenvalue weighted by molar-refractivity contribution is 9.10. The highest BCUT2D eigenvalue weighted by atomic mass is 79.9. The molecule has 0 bridgehead atoms. The summed E-state index contributed by atoms with van der Waals surface area (Å²) in [5, 5.41) is 4.01. The standard InChI is InChI=1S/C6H5BrN4O/c1-3-2-4(12)8-6-9-5(7)10-11(3)6/h2H,1H3,(H,8,9,10,12). The fourth-order valence-corrected chi connectivity index (χ4v) is 1.34. The minimum atomic E-state index is -0.167. The van der Waals surface area contributed by atoms with Gasteiger partial charge in [0, 0.05) is 11.8 Å². The van der Waals surface area contributed by atoms with Crippen molar-refractivity contribution in [1.29, 1.82) is 0 Å². The second-order valence-corrected chi connectivity index (χ2v) is 3.10. The largest absolute Gasteiger partial charge is 0.291 e. The van der Waals surface area contributed by atoms with Gasteiger partial charge in [0.15, 0.2) is 0 Å². The van der Waals surface area contributed by atoms with Crippen LogP contribution in [0.4, 0.5) is 0 Å². The van der Waals surface area contributed by atoms with Crippen molar-refractivity contribution >= 4 is 21.7 Å². The number of hydrogen-bond donors (Lipinski definition) is 1. The highest BCUT2D eigenvalue weighted by Crippen LogP contribution is 2.04. The number of hydrogen-bond acceptors (Lipinski definition) is 3. The zero-order chi connectivity index (χ0) is 8.72. The van der Waals surface area contributed by atoms with E-state index in [9.17, 15) is 4.79 Å². The minimum absolute atomic E-state index is 0.167. The van der Waals surface area contributed by atoms with Crippen molar-refractivity contribution in [3.05, 3.63) is 26.8 Å². The van der Waals surface area contributed by atoms with E-state index in [0.29, 0.717) is 10.5 Å². The lowest BCUT2D eigenvalue weighted by atomic mass is 10.4. The summed E-state index contributed by atoms with van der Waals surface area (Å²) in [5.74, 6) is 0.451. The molecule has 0 unspecified atom stereocenters. The molecule has 0 aliphatic rings. The molecular formula is C6H5BrN4O. The number of fused-ring (bicyclic) bond motifs is 1. The number of H-pyrrole nitrogens is 1. The first-order valence-electron chi connectivity index (χ1n) is 3.29. The number of nitrogens with zero attached hydrogens (tertiary/aromatic N) is 3. The SMILES string of the molecule is Cc1cc(=O)[nH]c2nc(Br)nn12. The average molecular weight is 229 g/mol. The fourth-order valence-electron chi connectivity index (χ4n) is 1.01. The average Bonchev–Trinajstić information content (AvgIpc) is 2.29. The van der Waals surface area contributed by atoms with Crippen molar-refractivity contribution < 1.29 is 0 Å². The van der Waals surface area contributed by atoms with Gasteiger partial charge in [-0.3, -0.25) is 9.78 Å². The number of halogens is 1. The van der Waals surface area contributed by atoms with Gasteiger partial charge >= 0.3 is 0 Å². The molecule has 2 aromatic heterocycles. The first-order chi connectivity index (χ1) is 5.66. The van der Waals surface area contributed by atoms with E-state index in [0.717, 1.165) is 5.69 Å². The highest BCUT2D eigenvalue weighted by Gasteiger charge is 2.02. The molecule has 2 heterocycles. The summed E-state index contributed by atoms with van der Waals surface area (Å²) in [4.78, 5) is 17.5. The van der Waals surface area contributed by atoms with Crippen LogP contribution in [0.2, 0.25) is 0 Å². The molecule has 0 fully saturated rings. The topological polar surface area (TPSA) is 63.0 Å². The Morgan fingerprint density at radius 2 is 2.42 bits per heavy atom. The van der Waals surface area contributed by atoms with Crippen LogP contribution in [-0.4, -0.2) is 19.6 Å². The third kappa shape index (κ3) is 1.04. The summed E-state index contributed by atoms with van der Waals surface area (Å²) in [6.07, 6.45) is 0. The molecule has 0 atom stereocenters. The molecule has 0 radical (unpaired) electrons. The van der Waals surface area contributed by atoms with Gasteiger partial charge in [0.05, 0.1) is 0 Å². The van der Waals surface area contributed by atoms with Gasteiger partial charge in [-0.2, -0.15) is 4.98 Å². The van der Waals surface area contributed by atoms with Gasteiger partial charge < -0.3 is 0 Å². The molecule has 1 N–H and O–H groups in total. The molecule has 0 saturated carbocycles. The lowest BCUT2D eigenvalue weighted by Crippen LogP contribution is -2.09. The smallest absolute Gasteiger partial charge is 0.252 e.